The summed E-state index contributed by atoms with van der Waals surface area (Å²) in [5, 5.41) is 12.3. The van der Waals surface area contributed by atoms with Crippen LogP contribution in [0, 0.1) is 0 Å². The van der Waals surface area contributed by atoms with Crippen LogP contribution in [-0.4, -0.2) is 39.2 Å². The van der Waals surface area contributed by atoms with Crippen molar-refractivity contribution in [2.75, 3.05) is 19.0 Å². The highest BCUT2D eigenvalue weighted by molar-refractivity contribution is 7.89. The molecule has 0 heterocycles. The molecule has 7 nitrogen and oxygen atoms in total. The fraction of sp³-hybridized carbons (Fsp3) is 0.350. The Kier molecular flexibility index (Phi) is 7.42. The molecule has 0 aromatic heterocycles. The second-order valence-electron chi connectivity index (χ2n) is 6.47. The van der Waals surface area contributed by atoms with Crippen LogP contribution in [0.5, 0.6) is 5.75 Å². The van der Waals surface area contributed by atoms with Crippen LogP contribution >= 0.6 is 0 Å². The lowest BCUT2D eigenvalue weighted by Crippen LogP contribution is -2.32. The largest absolute Gasteiger partial charge is 0.497 e. The van der Waals surface area contributed by atoms with E-state index in [1.807, 2.05) is 31.2 Å². The first-order valence-electron chi connectivity index (χ1n) is 9.03. The molecule has 0 bridgehead atoms. The van der Waals surface area contributed by atoms with Gasteiger partial charge in [0.2, 0.25) is 10.0 Å². The van der Waals surface area contributed by atoms with Crippen molar-refractivity contribution in [3.63, 3.8) is 0 Å². The first-order chi connectivity index (χ1) is 13.3. The molecule has 0 aliphatic rings. The van der Waals surface area contributed by atoms with Gasteiger partial charge < -0.3 is 15.2 Å². The van der Waals surface area contributed by atoms with Gasteiger partial charge in [0, 0.05) is 12.6 Å². The number of carboxylic acids is 1. The molecule has 0 spiro atoms. The Morgan fingerprint density at radius 2 is 1.86 bits per heavy atom. The molecule has 2 aromatic carbocycles. The zero-order chi connectivity index (χ0) is 20.7. The second kappa shape index (κ2) is 9.57. The number of ether oxygens (including phenoxy) is 1. The average Bonchev–Trinajstić information content (AvgIpc) is 2.68. The SMILES string of the molecule is CCC(C)NS(=O)(=O)c1cc(C(=O)O)ccc1NCCc1ccc(OC)cc1. The number of benzene rings is 2. The molecule has 0 saturated heterocycles. The standard InChI is InChI=1S/C20H26N2O5S/c1-4-14(2)22-28(25,26)19-13-16(20(23)24)7-10-18(19)21-12-11-15-5-8-17(27-3)9-6-15/h5-10,13-14,21-22H,4,11-12H2,1-3H3,(H,23,24). The molecule has 0 aliphatic carbocycles. The molecule has 28 heavy (non-hydrogen) atoms. The Labute approximate surface area is 165 Å². The van der Waals surface area contributed by atoms with Crippen molar-refractivity contribution >= 4 is 21.7 Å². The average molecular weight is 407 g/mol. The van der Waals surface area contributed by atoms with Crippen LogP contribution in [0.2, 0.25) is 0 Å². The van der Waals surface area contributed by atoms with E-state index in [1.54, 1.807) is 14.0 Å². The molecule has 1 unspecified atom stereocenters. The van der Waals surface area contributed by atoms with E-state index in [9.17, 15) is 18.3 Å². The Morgan fingerprint density at radius 3 is 2.43 bits per heavy atom. The van der Waals surface area contributed by atoms with Gasteiger partial charge in [-0.2, -0.15) is 0 Å². The van der Waals surface area contributed by atoms with Crippen LogP contribution < -0.4 is 14.8 Å². The predicted octanol–water partition coefficient (Wildman–Crippen LogP) is 3.12. The number of carbonyl (C=O) groups is 1. The summed E-state index contributed by atoms with van der Waals surface area (Å²) in [7, 11) is -2.25. The van der Waals surface area contributed by atoms with Crippen LogP contribution in [-0.2, 0) is 16.4 Å². The van der Waals surface area contributed by atoms with E-state index in [-0.39, 0.29) is 16.5 Å². The molecule has 0 fully saturated rings. The third-order valence-electron chi connectivity index (χ3n) is 4.37. The summed E-state index contributed by atoms with van der Waals surface area (Å²) < 4.78 is 33.2. The summed E-state index contributed by atoms with van der Waals surface area (Å²) in [5.41, 5.74) is 1.36. The van der Waals surface area contributed by atoms with Crippen molar-refractivity contribution in [3.05, 3.63) is 53.6 Å². The van der Waals surface area contributed by atoms with E-state index in [4.69, 9.17) is 4.74 Å². The molecule has 152 valence electrons. The van der Waals surface area contributed by atoms with E-state index in [0.717, 1.165) is 11.3 Å². The molecule has 8 heteroatoms. The van der Waals surface area contributed by atoms with E-state index < -0.39 is 16.0 Å². The number of hydrogen-bond acceptors (Lipinski definition) is 5. The maximum absolute atomic E-state index is 12.7. The number of hydrogen-bond donors (Lipinski definition) is 3. The molecular formula is C20H26N2O5S. The van der Waals surface area contributed by atoms with Crippen molar-refractivity contribution in [2.45, 2.75) is 37.6 Å². The van der Waals surface area contributed by atoms with Crippen LogP contribution in [0.1, 0.15) is 36.2 Å². The smallest absolute Gasteiger partial charge is 0.335 e. The van der Waals surface area contributed by atoms with Crippen LogP contribution in [0.4, 0.5) is 5.69 Å². The summed E-state index contributed by atoms with van der Waals surface area (Å²) in [6.45, 7) is 4.12. The number of methoxy groups -OCH3 is 1. The van der Waals surface area contributed by atoms with Crippen molar-refractivity contribution < 1.29 is 23.1 Å². The van der Waals surface area contributed by atoms with Gasteiger partial charge >= 0.3 is 5.97 Å². The van der Waals surface area contributed by atoms with E-state index >= 15 is 0 Å². The van der Waals surface area contributed by atoms with Gasteiger partial charge in [-0.25, -0.2) is 17.9 Å². The molecule has 2 aromatic rings. The van der Waals surface area contributed by atoms with Gasteiger partial charge in [-0.1, -0.05) is 19.1 Å². The van der Waals surface area contributed by atoms with Crippen molar-refractivity contribution in [3.8, 4) is 5.75 Å². The van der Waals surface area contributed by atoms with Crippen molar-refractivity contribution in [1.82, 2.24) is 4.72 Å². The first-order valence-corrected chi connectivity index (χ1v) is 10.5. The number of nitrogens with one attached hydrogen (secondary N) is 2. The van der Waals surface area contributed by atoms with Crippen molar-refractivity contribution in [1.29, 1.82) is 0 Å². The predicted molar refractivity (Wildman–Crippen MR) is 109 cm³/mol. The molecular weight excluding hydrogens is 380 g/mol. The van der Waals surface area contributed by atoms with Gasteiger partial charge in [0.1, 0.15) is 10.6 Å². The van der Waals surface area contributed by atoms with Crippen LogP contribution in [0.15, 0.2) is 47.4 Å². The summed E-state index contributed by atoms with van der Waals surface area (Å²) in [6, 6.07) is 11.4. The Morgan fingerprint density at radius 1 is 1.18 bits per heavy atom. The highest BCUT2D eigenvalue weighted by atomic mass is 32.2. The van der Waals surface area contributed by atoms with E-state index in [0.29, 0.717) is 25.1 Å². The van der Waals surface area contributed by atoms with Crippen LogP contribution in [0.3, 0.4) is 0 Å². The highest BCUT2D eigenvalue weighted by Crippen LogP contribution is 2.24. The Balaban J connectivity index is 2.21. The van der Waals surface area contributed by atoms with Gasteiger partial charge in [0.05, 0.1) is 18.4 Å². The van der Waals surface area contributed by atoms with Gasteiger partial charge in [-0.15, -0.1) is 0 Å². The summed E-state index contributed by atoms with van der Waals surface area (Å²) in [4.78, 5) is 11.2. The van der Waals surface area contributed by atoms with Crippen molar-refractivity contribution in [2.24, 2.45) is 0 Å². The second-order valence-corrected chi connectivity index (χ2v) is 8.15. The molecule has 0 amide bonds. The topological polar surface area (TPSA) is 105 Å². The summed E-state index contributed by atoms with van der Waals surface area (Å²) >= 11 is 0. The summed E-state index contributed by atoms with van der Waals surface area (Å²) in [5.74, 6) is -0.407. The molecule has 0 saturated carbocycles. The number of sulfonamides is 1. The molecule has 3 N–H and O–H groups in total. The minimum Gasteiger partial charge on any atom is -0.497 e. The lowest BCUT2D eigenvalue weighted by Gasteiger charge is -2.17. The van der Waals surface area contributed by atoms with Gasteiger partial charge in [-0.05, 0) is 55.7 Å². The Hall–Kier alpha value is -2.58. The third kappa shape index (κ3) is 5.71. The minimum absolute atomic E-state index is 0.0672. The maximum Gasteiger partial charge on any atom is 0.335 e. The lowest BCUT2D eigenvalue weighted by molar-refractivity contribution is 0.0696. The molecule has 2 rings (SSSR count). The zero-order valence-corrected chi connectivity index (χ0v) is 17.0. The fourth-order valence-electron chi connectivity index (χ4n) is 2.57. The summed E-state index contributed by atoms with van der Waals surface area (Å²) in [6.07, 6.45) is 1.29. The maximum atomic E-state index is 12.7. The minimum atomic E-state index is -3.85. The lowest BCUT2D eigenvalue weighted by atomic mass is 10.1. The van der Waals surface area contributed by atoms with E-state index in [1.165, 1.54) is 18.2 Å². The van der Waals surface area contributed by atoms with E-state index in [2.05, 4.69) is 10.0 Å². The van der Waals surface area contributed by atoms with Crippen LogP contribution in [0.25, 0.3) is 0 Å². The Bertz CT molecular complexity index is 911. The molecule has 1 atom stereocenters. The van der Waals surface area contributed by atoms with Gasteiger partial charge in [0.25, 0.3) is 0 Å². The molecule has 0 radical (unpaired) electrons. The van der Waals surface area contributed by atoms with Gasteiger partial charge in [-0.3, -0.25) is 0 Å². The quantitative estimate of drug-likeness (QED) is 0.560. The molecule has 0 aliphatic heterocycles. The number of aromatic carboxylic acids is 1. The normalized spacial score (nSPS) is 12.4. The first kappa shape index (κ1) is 21.7. The fourth-order valence-corrected chi connectivity index (χ4v) is 4.10. The number of anilines is 1. The highest BCUT2D eigenvalue weighted by Gasteiger charge is 2.22. The number of carboxylic acid groups (broad SMARTS) is 1. The van der Waals surface area contributed by atoms with Gasteiger partial charge in [0.15, 0.2) is 0 Å². The monoisotopic (exact) mass is 406 g/mol. The number of rotatable bonds is 10. The third-order valence-corrected chi connectivity index (χ3v) is 6.00. The zero-order valence-electron chi connectivity index (χ0n) is 16.2.